The molecule has 1 heterocycles. The minimum Gasteiger partial charge on any atom is -0.480 e. The normalized spacial score (nSPS) is 20.3. The van der Waals surface area contributed by atoms with E-state index in [0.717, 1.165) is 17.7 Å². The second kappa shape index (κ2) is 5.48. The number of carboxylic acids is 1. The summed E-state index contributed by atoms with van der Waals surface area (Å²) in [4.78, 5) is 34.8. The first kappa shape index (κ1) is 12.5. The fourth-order valence-corrected chi connectivity index (χ4v) is 1.74. The summed E-state index contributed by atoms with van der Waals surface area (Å²) in [6, 6.07) is -0.898. The van der Waals surface area contributed by atoms with Gasteiger partial charge in [0.05, 0.1) is 6.61 Å². The maximum Gasteiger partial charge on any atom is 0.397 e. The first-order chi connectivity index (χ1) is 7.57. The molecule has 1 saturated heterocycles. The number of piperidine rings is 1. The molecule has 0 aromatic carbocycles. The minimum atomic E-state index is -1.07. The van der Waals surface area contributed by atoms with Crippen LogP contribution in [0.5, 0.6) is 0 Å². The lowest BCUT2D eigenvalue weighted by Gasteiger charge is -2.31. The van der Waals surface area contributed by atoms with E-state index in [4.69, 9.17) is 5.11 Å². The molecule has 1 aliphatic rings. The SMILES string of the molecule is CCOC(=O)C(=O)N1CCCCC1C(=O)O. The van der Waals surface area contributed by atoms with Gasteiger partial charge < -0.3 is 14.7 Å². The number of ether oxygens (including phenoxy) is 1. The van der Waals surface area contributed by atoms with Crippen LogP contribution in [0.4, 0.5) is 0 Å². The number of hydrogen-bond acceptors (Lipinski definition) is 4. The topological polar surface area (TPSA) is 83.9 Å². The molecule has 0 radical (unpaired) electrons. The van der Waals surface area contributed by atoms with Crippen molar-refractivity contribution in [2.45, 2.75) is 32.2 Å². The van der Waals surface area contributed by atoms with Crippen molar-refractivity contribution >= 4 is 17.8 Å². The van der Waals surface area contributed by atoms with Crippen LogP contribution in [-0.2, 0) is 19.1 Å². The molecule has 1 aliphatic heterocycles. The lowest BCUT2D eigenvalue weighted by Crippen LogP contribution is -2.50. The van der Waals surface area contributed by atoms with Crippen molar-refractivity contribution in [2.24, 2.45) is 0 Å². The molecule has 1 N–H and O–H groups in total. The van der Waals surface area contributed by atoms with Crippen molar-refractivity contribution in [1.82, 2.24) is 4.90 Å². The van der Waals surface area contributed by atoms with Gasteiger partial charge in [0.15, 0.2) is 0 Å². The Morgan fingerprint density at radius 3 is 2.62 bits per heavy atom. The highest BCUT2D eigenvalue weighted by atomic mass is 16.5. The monoisotopic (exact) mass is 229 g/mol. The molecule has 1 fully saturated rings. The molecule has 0 bridgehead atoms. The predicted octanol–water partition coefficient (Wildman–Crippen LogP) is 0.0152. The second-order valence-electron chi connectivity index (χ2n) is 3.57. The van der Waals surface area contributed by atoms with E-state index in [0.29, 0.717) is 13.0 Å². The Labute approximate surface area is 93.2 Å². The van der Waals surface area contributed by atoms with E-state index >= 15 is 0 Å². The Balaban J connectivity index is 2.71. The highest BCUT2D eigenvalue weighted by Gasteiger charge is 2.35. The first-order valence-corrected chi connectivity index (χ1v) is 5.28. The van der Waals surface area contributed by atoms with Gasteiger partial charge in [-0.05, 0) is 26.2 Å². The largest absolute Gasteiger partial charge is 0.480 e. The van der Waals surface area contributed by atoms with Crippen molar-refractivity contribution in [3.63, 3.8) is 0 Å². The van der Waals surface area contributed by atoms with Crippen LogP contribution >= 0.6 is 0 Å². The van der Waals surface area contributed by atoms with Gasteiger partial charge in [-0.1, -0.05) is 0 Å². The summed E-state index contributed by atoms with van der Waals surface area (Å²) in [5.41, 5.74) is 0. The van der Waals surface area contributed by atoms with Gasteiger partial charge in [0.2, 0.25) is 0 Å². The van der Waals surface area contributed by atoms with Crippen molar-refractivity contribution in [1.29, 1.82) is 0 Å². The Kier molecular flexibility index (Phi) is 4.28. The van der Waals surface area contributed by atoms with Crippen molar-refractivity contribution in [2.75, 3.05) is 13.2 Å². The van der Waals surface area contributed by atoms with Gasteiger partial charge >= 0.3 is 17.8 Å². The first-order valence-electron chi connectivity index (χ1n) is 5.28. The molecule has 6 heteroatoms. The maximum atomic E-state index is 11.6. The third-order valence-corrected chi connectivity index (χ3v) is 2.50. The van der Waals surface area contributed by atoms with E-state index < -0.39 is 23.9 Å². The number of hydrogen-bond donors (Lipinski definition) is 1. The van der Waals surface area contributed by atoms with E-state index in [9.17, 15) is 14.4 Å². The molecule has 1 rings (SSSR count). The molecule has 0 spiro atoms. The standard InChI is InChI=1S/C10H15NO5/c1-2-16-10(15)8(12)11-6-4-3-5-7(11)9(13)14/h7H,2-6H2,1H3,(H,13,14). The molecule has 0 saturated carbocycles. The van der Waals surface area contributed by atoms with Crippen LogP contribution in [0.1, 0.15) is 26.2 Å². The molecule has 0 aromatic heterocycles. The van der Waals surface area contributed by atoms with Crippen LogP contribution in [0.2, 0.25) is 0 Å². The van der Waals surface area contributed by atoms with E-state index in [-0.39, 0.29) is 6.61 Å². The molecule has 90 valence electrons. The van der Waals surface area contributed by atoms with Gasteiger partial charge in [0.25, 0.3) is 0 Å². The zero-order chi connectivity index (χ0) is 12.1. The van der Waals surface area contributed by atoms with Crippen LogP contribution in [0.3, 0.4) is 0 Å². The van der Waals surface area contributed by atoms with Gasteiger partial charge in [0, 0.05) is 6.54 Å². The molecule has 0 aromatic rings. The van der Waals surface area contributed by atoms with Gasteiger partial charge in [-0.15, -0.1) is 0 Å². The van der Waals surface area contributed by atoms with Crippen LogP contribution < -0.4 is 0 Å². The molecule has 0 aliphatic carbocycles. The number of nitrogens with zero attached hydrogens (tertiary/aromatic N) is 1. The number of carbonyl (C=O) groups excluding carboxylic acids is 2. The lowest BCUT2D eigenvalue weighted by atomic mass is 10.0. The number of likely N-dealkylation sites (tertiary alicyclic amines) is 1. The van der Waals surface area contributed by atoms with E-state index in [2.05, 4.69) is 4.74 Å². The number of rotatable bonds is 2. The summed E-state index contributed by atoms with van der Waals surface area (Å²) in [6.07, 6.45) is 1.86. The van der Waals surface area contributed by atoms with E-state index in [1.807, 2.05) is 0 Å². The number of amides is 1. The average Bonchev–Trinajstić information content (AvgIpc) is 2.28. The fraction of sp³-hybridized carbons (Fsp3) is 0.700. The zero-order valence-corrected chi connectivity index (χ0v) is 9.14. The number of carboxylic acid groups (broad SMARTS) is 1. The summed E-state index contributed by atoms with van der Waals surface area (Å²) >= 11 is 0. The van der Waals surface area contributed by atoms with E-state index in [1.54, 1.807) is 6.92 Å². The highest BCUT2D eigenvalue weighted by molar-refractivity contribution is 6.32. The minimum absolute atomic E-state index is 0.107. The van der Waals surface area contributed by atoms with Crippen LogP contribution in [-0.4, -0.2) is 47.0 Å². The van der Waals surface area contributed by atoms with E-state index in [1.165, 1.54) is 0 Å². The average molecular weight is 229 g/mol. The van der Waals surface area contributed by atoms with Crippen molar-refractivity contribution in [3.8, 4) is 0 Å². The number of esters is 1. The summed E-state index contributed by atoms with van der Waals surface area (Å²) in [5, 5.41) is 8.92. The zero-order valence-electron chi connectivity index (χ0n) is 9.14. The van der Waals surface area contributed by atoms with Gasteiger partial charge in [0.1, 0.15) is 6.04 Å². The quantitative estimate of drug-likeness (QED) is 0.533. The van der Waals surface area contributed by atoms with Crippen molar-refractivity contribution in [3.05, 3.63) is 0 Å². The molecule has 1 amide bonds. The van der Waals surface area contributed by atoms with Crippen LogP contribution in [0.25, 0.3) is 0 Å². The van der Waals surface area contributed by atoms with Crippen molar-refractivity contribution < 1.29 is 24.2 Å². The van der Waals surface area contributed by atoms with Gasteiger partial charge in [-0.2, -0.15) is 0 Å². The summed E-state index contributed by atoms with van der Waals surface area (Å²) in [6.45, 7) is 2.00. The smallest absolute Gasteiger partial charge is 0.397 e. The lowest BCUT2D eigenvalue weighted by molar-refractivity contribution is -0.165. The van der Waals surface area contributed by atoms with Gasteiger partial charge in [-0.25, -0.2) is 9.59 Å². The molecular formula is C10H15NO5. The molecule has 6 nitrogen and oxygen atoms in total. The predicted molar refractivity (Wildman–Crippen MR) is 53.6 cm³/mol. The molecular weight excluding hydrogens is 214 g/mol. The number of carbonyl (C=O) groups is 3. The Hall–Kier alpha value is -1.59. The Bertz CT molecular complexity index is 302. The Morgan fingerprint density at radius 2 is 2.06 bits per heavy atom. The Morgan fingerprint density at radius 1 is 1.38 bits per heavy atom. The second-order valence-corrected chi connectivity index (χ2v) is 3.57. The maximum absolute atomic E-state index is 11.6. The summed E-state index contributed by atoms with van der Waals surface area (Å²) in [7, 11) is 0. The fourth-order valence-electron chi connectivity index (χ4n) is 1.74. The molecule has 16 heavy (non-hydrogen) atoms. The highest BCUT2D eigenvalue weighted by Crippen LogP contribution is 2.17. The molecule has 1 unspecified atom stereocenters. The summed E-state index contributed by atoms with van der Waals surface area (Å²) in [5.74, 6) is -2.90. The summed E-state index contributed by atoms with van der Waals surface area (Å²) < 4.78 is 4.56. The van der Waals surface area contributed by atoms with Gasteiger partial charge in [-0.3, -0.25) is 4.79 Å². The number of aliphatic carboxylic acids is 1. The van der Waals surface area contributed by atoms with Crippen LogP contribution in [0, 0.1) is 0 Å². The van der Waals surface area contributed by atoms with Crippen LogP contribution in [0.15, 0.2) is 0 Å². The molecule has 1 atom stereocenters. The third-order valence-electron chi connectivity index (χ3n) is 2.50. The third kappa shape index (κ3) is 2.71.